The second-order valence-corrected chi connectivity index (χ2v) is 5.61. The van der Waals surface area contributed by atoms with E-state index in [4.69, 9.17) is 0 Å². The summed E-state index contributed by atoms with van der Waals surface area (Å²) in [5.41, 5.74) is 3.01. The third-order valence-corrected chi connectivity index (χ3v) is 4.00. The van der Waals surface area contributed by atoms with E-state index in [0.717, 1.165) is 22.5 Å². The fraction of sp³-hybridized carbons (Fsp3) is 0.111. The number of carbonyl (C=O) groups is 1. The van der Waals surface area contributed by atoms with Gasteiger partial charge < -0.3 is 9.88 Å². The van der Waals surface area contributed by atoms with E-state index in [-0.39, 0.29) is 11.6 Å². The highest BCUT2D eigenvalue weighted by atomic mass is 16.2. The van der Waals surface area contributed by atoms with Crippen LogP contribution < -0.4 is 5.32 Å². The predicted molar refractivity (Wildman–Crippen MR) is 93.2 cm³/mol. The molecule has 2 aromatic heterocycles. The Morgan fingerprint density at radius 2 is 1.84 bits per heavy atom. The smallest absolute Gasteiger partial charge is 0.273 e. The van der Waals surface area contributed by atoms with Crippen molar-refractivity contribution in [1.82, 2.24) is 29.9 Å². The Morgan fingerprint density at radius 3 is 2.64 bits per heavy atom. The molecule has 0 fully saturated rings. The Kier molecular flexibility index (Phi) is 3.74. The molecule has 2 aromatic carbocycles. The van der Waals surface area contributed by atoms with E-state index in [1.54, 1.807) is 0 Å². The van der Waals surface area contributed by atoms with Gasteiger partial charge in [0.25, 0.3) is 5.91 Å². The number of aryl methyl sites for hydroxylation is 1. The van der Waals surface area contributed by atoms with Gasteiger partial charge in [0.15, 0.2) is 5.69 Å². The highest BCUT2D eigenvalue weighted by Crippen LogP contribution is 2.14. The zero-order chi connectivity index (χ0) is 17.2. The van der Waals surface area contributed by atoms with Crippen molar-refractivity contribution in [2.45, 2.75) is 6.54 Å². The Labute approximate surface area is 143 Å². The summed E-state index contributed by atoms with van der Waals surface area (Å²) in [6.07, 6.45) is 1.46. The molecule has 1 N–H and O–H groups in total. The number of amides is 1. The summed E-state index contributed by atoms with van der Waals surface area (Å²) in [6.45, 7) is 0.322. The number of carbonyl (C=O) groups excluding carboxylic acids is 1. The number of nitrogens with one attached hydrogen (secondary N) is 1. The first-order valence-corrected chi connectivity index (χ1v) is 7.88. The van der Waals surface area contributed by atoms with E-state index in [2.05, 4.69) is 20.5 Å². The van der Waals surface area contributed by atoms with E-state index < -0.39 is 0 Å². The van der Waals surface area contributed by atoms with Crippen LogP contribution in [0.1, 0.15) is 16.3 Å². The molecule has 0 aliphatic rings. The molecule has 0 saturated carbocycles. The van der Waals surface area contributed by atoms with Crippen molar-refractivity contribution < 1.29 is 4.79 Å². The Balaban J connectivity index is 1.49. The summed E-state index contributed by atoms with van der Waals surface area (Å²) in [4.78, 5) is 18.3. The van der Waals surface area contributed by atoms with Crippen molar-refractivity contribution in [3.05, 3.63) is 72.3 Å². The molecule has 0 spiro atoms. The van der Waals surface area contributed by atoms with Gasteiger partial charge in [-0.25, -0.2) is 4.98 Å². The number of benzene rings is 2. The number of fused-ring (bicyclic) bond motifs is 1. The van der Waals surface area contributed by atoms with Gasteiger partial charge >= 0.3 is 0 Å². The molecule has 0 aliphatic carbocycles. The number of imidazole rings is 1. The van der Waals surface area contributed by atoms with Crippen LogP contribution in [0.3, 0.4) is 0 Å². The number of hydrogen-bond donors (Lipinski definition) is 1. The quantitative estimate of drug-likeness (QED) is 0.621. The lowest BCUT2D eigenvalue weighted by atomic mass is 10.3. The largest absolute Gasteiger partial charge is 0.343 e. The highest BCUT2D eigenvalue weighted by Gasteiger charge is 2.13. The summed E-state index contributed by atoms with van der Waals surface area (Å²) < 4.78 is 1.97. The van der Waals surface area contributed by atoms with Crippen LogP contribution in [0.25, 0.3) is 16.7 Å². The number of para-hydroxylation sites is 3. The first-order chi connectivity index (χ1) is 12.2. The van der Waals surface area contributed by atoms with Crippen molar-refractivity contribution in [2.75, 3.05) is 0 Å². The first-order valence-electron chi connectivity index (χ1n) is 7.88. The Morgan fingerprint density at radius 1 is 1.08 bits per heavy atom. The molecule has 0 atom stereocenters. The number of aromatic nitrogens is 5. The van der Waals surface area contributed by atoms with E-state index in [1.165, 1.54) is 11.0 Å². The third-order valence-electron chi connectivity index (χ3n) is 4.00. The topological polar surface area (TPSA) is 77.6 Å². The summed E-state index contributed by atoms with van der Waals surface area (Å²) in [6, 6.07) is 17.3. The van der Waals surface area contributed by atoms with Gasteiger partial charge in [0.2, 0.25) is 0 Å². The molecular weight excluding hydrogens is 316 g/mol. The third kappa shape index (κ3) is 2.87. The van der Waals surface area contributed by atoms with Crippen molar-refractivity contribution >= 4 is 16.9 Å². The van der Waals surface area contributed by atoms with Gasteiger partial charge in [0.05, 0.1) is 29.5 Å². The van der Waals surface area contributed by atoms with Crippen LogP contribution in [0.15, 0.2) is 60.8 Å². The zero-order valence-corrected chi connectivity index (χ0v) is 13.6. The minimum atomic E-state index is -0.283. The number of rotatable bonds is 4. The molecular formula is C18H16N6O. The second-order valence-electron chi connectivity index (χ2n) is 5.61. The minimum absolute atomic E-state index is 0.266. The fourth-order valence-corrected chi connectivity index (χ4v) is 2.66. The SMILES string of the molecule is Cn1c(CNC(=O)c2cnn(-c3ccccc3)n2)nc2ccccc21. The van der Waals surface area contributed by atoms with Gasteiger partial charge in [-0.2, -0.15) is 9.90 Å². The monoisotopic (exact) mass is 332 g/mol. The first kappa shape index (κ1) is 15.1. The van der Waals surface area contributed by atoms with Crippen molar-refractivity contribution in [3.63, 3.8) is 0 Å². The Hall–Kier alpha value is -3.48. The van der Waals surface area contributed by atoms with E-state index >= 15 is 0 Å². The predicted octanol–water partition coefficient (Wildman–Crippen LogP) is 2.08. The van der Waals surface area contributed by atoms with Crippen LogP contribution in [-0.2, 0) is 13.6 Å². The molecule has 0 unspecified atom stereocenters. The number of hydrogen-bond acceptors (Lipinski definition) is 4. The molecule has 0 saturated heterocycles. The lowest BCUT2D eigenvalue weighted by Crippen LogP contribution is -2.25. The van der Waals surface area contributed by atoms with Crippen LogP contribution in [0.4, 0.5) is 0 Å². The van der Waals surface area contributed by atoms with Gasteiger partial charge in [-0.05, 0) is 24.3 Å². The van der Waals surface area contributed by atoms with Crippen LogP contribution >= 0.6 is 0 Å². The lowest BCUT2D eigenvalue weighted by molar-refractivity contribution is 0.0944. The molecule has 1 amide bonds. The second kappa shape index (κ2) is 6.20. The van der Waals surface area contributed by atoms with E-state index in [0.29, 0.717) is 6.54 Å². The molecule has 0 bridgehead atoms. The van der Waals surface area contributed by atoms with Gasteiger partial charge in [-0.15, -0.1) is 5.10 Å². The van der Waals surface area contributed by atoms with Crippen LogP contribution in [0.5, 0.6) is 0 Å². The van der Waals surface area contributed by atoms with Crippen molar-refractivity contribution in [3.8, 4) is 5.69 Å². The summed E-state index contributed by atoms with van der Waals surface area (Å²) in [5.74, 6) is 0.499. The van der Waals surface area contributed by atoms with Crippen LogP contribution in [0.2, 0.25) is 0 Å². The van der Waals surface area contributed by atoms with Gasteiger partial charge in [0.1, 0.15) is 5.82 Å². The molecule has 25 heavy (non-hydrogen) atoms. The zero-order valence-electron chi connectivity index (χ0n) is 13.6. The molecule has 2 heterocycles. The maximum Gasteiger partial charge on any atom is 0.273 e. The maximum absolute atomic E-state index is 12.3. The average molecular weight is 332 g/mol. The molecule has 4 aromatic rings. The van der Waals surface area contributed by atoms with Crippen LogP contribution in [-0.4, -0.2) is 30.5 Å². The molecule has 0 radical (unpaired) electrons. The average Bonchev–Trinajstić information content (AvgIpc) is 3.26. The maximum atomic E-state index is 12.3. The molecule has 4 rings (SSSR count). The summed E-state index contributed by atoms with van der Waals surface area (Å²) in [5, 5.41) is 11.2. The van der Waals surface area contributed by atoms with Gasteiger partial charge in [0, 0.05) is 7.05 Å². The van der Waals surface area contributed by atoms with Crippen molar-refractivity contribution in [2.24, 2.45) is 7.05 Å². The molecule has 7 heteroatoms. The number of nitrogens with zero attached hydrogens (tertiary/aromatic N) is 5. The fourth-order valence-electron chi connectivity index (χ4n) is 2.66. The van der Waals surface area contributed by atoms with Crippen LogP contribution in [0, 0.1) is 0 Å². The van der Waals surface area contributed by atoms with Gasteiger partial charge in [-0.1, -0.05) is 30.3 Å². The standard InChI is InChI=1S/C18H16N6O/c1-23-16-10-6-5-9-14(16)21-17(23)12-19-18(25)15-11-20-24(22-15)13-7-3-2-4-8-13/h2-11H,12H2,1H3,(H,19,25). The van der Waals surface area contributed by atoms with Gasteiger partial charge in [-0.3, -0.25) is 4.79 Å². The molecule has 7 nitrogen and oxygen atoms in total. The van der Waals surface area contributed by atoms with E-state index in [9.17, 15) is 4.79 Å². The highest BCUT2D eigenvalue weighted by molar-refractivity contribution is 5.91. The Bertz CT molecular complexity index is 1030. The normalized spacial score (nSPS) is 10.9. The summed E-state index contributed by atoms with van der Waals surface area (Å²) in [7, 11) is 1.93. The summed E-state index contributed by atoms with van der Waals surface area (Å²) >= 11 is 0. The lowest BCUT2D eigenvalue weighted by Gasteiger charge is -2.03. The molecule has 0 aliphatic heterocycles. The van der Waals surface area contributed by atoms with E-state index in [1.807, 2.05) is 66.2 Å². The van der Waals surface area contributed by atoms with Crippen molar-refractivity contribution in [1.29, 1.82) is 0 Å². The minimum Gasteiger partial charge on any atom is -0.343 e. The molecule has 124 valence electrons.